The third-order valence-corrected chi connectivity index (χ3v) is 4.84. The molecule has 0 aliphatic heterocycles. The lowest BCUT2D eigenvalue weighted by molar-refractivity contribution is 0.650. The molecule has 0 saturated heterocycles. The number of benzene rings is 4. The molecule has 0 aromatic heterocycles. The highest BCUT2D eigenvalue weighted by Crippen LogP contribution is 2.35. The summed E-state index contributed by atoms with van der Waals surface area (Å²) in [5.74, 6) is 0. The molecule has 0 aliphatic carbocycles. The predicted octanol–water partition coefficient (Wildman–Crippen LogP) is 6.69. The van der Waals surface area contributed by atoms with E-state index in [9.17, 15) is 0 Å². The zero-order valence-corrected chi connectivity index (χ0v) is 15.7. The summed E-state index contributed by atoms with van der Waals surface area (Å²) in [5.41, 5.74) is 4.69. The molecule has 0 aliphatic rings. The van der Waals surface area contributed by atoms with Gasteiger partial charge in [-0.3, -0.25) is 0 Å². The van der Waals surface area contributed by atoms with E-state index in [1.54, 1.807) is 0 Å². The van der Waals surface area contributed by atoms with E-state index in [2.05, 4.69) is 120 Å². The molecular weight excluding hydrogens is 340 g/mol. The van der Waals surface area contributed by atoms with E-state index in [4.69, 9.17) is 0 Å². The molecule has 2 atom stereocenters. The van der Waals surface area contributed by atoms with Crippen molar-refractivity contribution in [2.45, 2.75) is 12.1 Å². The minimum atomic E-state index is 0.0613. The molecule has 0 saturated carbocycles. The molecule has 0 heterocycles. The van der Waals surface area contributed by atoms with Crippen LogP contribution in [0.4, 0.5) is 11.4 Å². The zero-order chi connectivity index (χ0) is 19.0. The van der Waals surface area contributed by atoms with E-state index >= 15 is 0 Å². The van der Waals surface area contributed by atoms with Gasteiger partial charge in [-0.1, -0.05) is 97.1 Å². The van der Waals surface area contributed by atoms with Crippen LogP contribution < -0.4 is 10.6 Å². The fourth-order valence-electron chi connectivity index (χ4n) is 3.47. The van der Waals surface area contributed by atoms with Gasteiger partial charge in [0.2, 0.25) is 0 Å². The highest BCUT2D eigenvalue weighted by molar-refractivity contribution is 5.51. The normalized spacial score (nSPS) is 12.7. The smallest absolute Gasteiger partial charge is 0.0757 e. The van der Waals surface area contributed by atoms with Crippen LogP contribution in [0, 0.1) is 0 Å². The lowest BCUT2D eigenvalue weighted by Gasteiger charge is -2.31. The Labute approximate surface area is 166 Å². The highest BCUT2D eigenvalue weighted by Gasteiger charge is 2.25. The largest absolute Gasteiger partial charge is 0.376 e. The van der Waals surface area contributed by atoms with Crippen molar-refractivity contribution in [1.29, 1.82) is 0 Å². The second-order valence-electron chi connectivity index (χ2n) is 6.80. The van der Waals surface area contributed by atoms with Gasteiger partial charge >= 0.3 is 0 Å². The van der Waals surface area contributed by atoms with Crippen LogP contribution in [0.2, 0.25) is 0 Å². The van der Waals surface area contributed by atoms with Gasteiger partial charge in [0.1, 0.15) is 0 Å². The molecule has 2 heteroatoms. The quantitative estimate of drug-likeness (QED) is 0.381. The summed E-state index contributed by atoms with van der Waals surface area (Å²) in [4.78, 5) is 0. The van der Waals surface area contributed by atoms with E-state index in [1.165, 1.54) is 11.1 Å². The van der Waals surface area contributed by atoms with Gasteiger partial charge in [0.05, 0.1) is 12.1 Å². The second-order valence-corrected chi connectivity index (χ2v) is 6.80. The van der Waals surface area contributed by atoms with E-state index in [0.29, 0.717) is 0 Å². The molecule has 4 aromatic rings. The number of nitrogens with one attached hydrogen (secondary N) is 2. The molecule has 0 bridgehead atoms. The molecule has 4 rings (SSSR count). The van der Waals surface area contributed by atoms with Crippen LogP contribution in [0.25, 0.3) is 0 Å². The van der Waals surface area contributed by atoms with Gasteiger partial charge in [-0.05, 0) is 35.4 Å². The number of hydrogen-bond acceptors (Lipinski definition) is 2. The summed E-state index contributed by atoms with van der Waals surface area (Å²) in [6.45, 7) is 0. The van der Waals surface area contributed by atoms with Crippen molar-refractivity contribution in [3.05, 3.63) is 132 Å². The Bertz CT molecular complexity index is 871. The predicted molar refractivity (Wildman–Crippen MR) is 118 cm³/mol. The van der Waals surface area contributed by atoms with Gasteiger partial charge < -0.3 is 10.6 Å². The van der Waals surface area contributed by atoms with E-state index < -0.39 is 0 Å². The van der Waals surface area contributed by atoms with Crippen molar-refractivity contribution in [2.75, 3.05) is 10.6 Å². The van der Waals surface area contributed by atoms with Gasteiger partial charge in [0.15, 0.2) is 0 Å². The lowest BCUT2D eigenvalue weighted by atomic mass is 9.92. The van der Waals surface area contributed by atoms with Crippen LogP contribution in [0.1, 0.15) is 23.2 Å². The first-order chi connectivity index (χ1) is 13.9. The molecule has 138 valence electrons. The molecule has 28 heavy (non-hydrogen) atoms. The van der Waals surface area contributed by atoms with Crippen LogP contribution in [0.3, 0.4) is 0 Å². The average molecular weight is 364 g/mol. The summed E-state index contributed by atoms with van der Waals surface area (Å²) in [6.07, 6.45) is 0. The fraction of sp³-hybridized carbons (Fsp3) is 0.0769. The average Bonchev–Trinajstić information content (AvgIpc) is 2.79. The summed E-state index contributed by atoms with van der Waals surface area (Å²) in [6, 6.07) is 42.1. The van der Waals surface area contributed by atoms with Crippen molar-refractivity contribution in [3.8, 4) is 0 Å². The van der Waals surface area contributed by atoms with Gasteiger partial charge in [-0.25, -0.2) is 0 Å². The van der Waals surface area contributed by atoms with Gasteiger partial charge in [-0.15, -0.1) is 0 Å². The first-order valence-corrected chi connectivity index (χ1v) is 9.63. The molecule has 0 spiro atoms. The van der Waals surface area contributed by atoms with Crippen molar-refractivity contribution in [2.24, 2.45) is 0 Å². The molecule has 0 fully saturated rings. The van der Waals surface area contributed by atoms with Gasteiger partial charge in [-0.2, -0.15) is 0 Å². The van der Waals surface area contributed by atoms with Crippen LogP contribution in [-0.4, -0.2) is 0 Å². The van der Waals surface area contributed by atoms with Crippen molar-refractivity contribution < 1.29 is 0 Å². The molecule has 4 aromatic carbocycles. The number of rotatable bonds is 7. The summed E-state index contributed by atoms with van der Waals surface area (Å²) >= 11 is 0. The van der Waals surface area contributed by atoms with E-state index in [-0.39, 0.29) is 12.1 Å². The van der Waals surface area contributed by atoms with E-state index in [0.717, 1.165) is 11.4 Å². The number of hydrogen-bond donors (Lipinski definition) is 2. The van der Waals surface area contributed by atoms with Gasteiger partial charge in [0, 0.05) is 11.4 Å². The second kappa shape index (κ2) is 8.92. The maximum atomic E-state index is 3.75. The number of anilines is 2. The molecule has 2 N–H and O–H groups in total. The molecular formula is C26H24N2. The molecule has 0 amide bonds. The van der Waals surface area contributed by atoms with Gasteiger partial charge in [0.25, 0.3) is 0 Å². The lowest BCUT2D eigenvalue weighted by Crippen LogP contribution is -2.25. The third-order valence-electron chi connectivity index (χ3n) is 4.84. The van der Waals surface area contributed by atoms with Crippen molar-refractivity contribution in [3.63, 3.8) is 0 Å². The Morgan fingerprint density at radius 1 is 0.357 bits per heavy atom. The van der Waals surface area contributed by atoms with Crippen LogP contribution in [0.15, 0.2) is 121 Å². The Hall–Kier alpha value is -3.52. The maximum Gasteiger partial charge on any atom is 0.0757 e. The Morgan fingerprint density at radius 2 is 0.643 bits per heavy atom. The zero-order valence-electron chi connectivity index (χ0n) is 15.7. The fourth-order valence-corrected chi connectivity index (χ4v) is 3.47. The summed E-state index contributed by atoms with van der Waals surface area (Å²) in [7, 11) is 0. The Morgan fingerprint density at radius 3 is 0.964 bits per heavy atom. The monoisotopic (exact) mass is 364 g/mol. The molecule has 2 nitrogen and oxygen atoms in total. The maximum absolute atomic E-state index is 3.75. The van der Waals surface area contributed by atoms with Crippen LogP contribution >= 0.6 is 0 Å². The van der Waals surface area contributed by atoms with Crippen LogP contribution in [-0.2, 0) is 0 Å². The van der Waals surface area contributed by atoms with Crippen LogP contribution in [0.5, 0.6) is 0 Å². The Balaban J connectivity index is 1.76. The minimum Gasteiger partial charge on any atom is -0.376 e. The van der Waals surface area contributed by atoms with E-state index in [1.807, 2.05) is 12.1 Å². The number of para-hydroxylation sites is 2. The SMILES string of the molecule is c1ccc(N[C@H](c2ccccc2)[C@H](Nc2ccccc2)c2ccccc2)cc1. The topological polar surface area (TPSA) is 24.1 Å². The third kappa shape index (κ3) is 4.41. The molecule has 0 radical (unpaired) electrons. The standard InChI is InChI=1S/C26H24N2/c1-5-13-21(14-6-1)25(27-23-17-9-3-10-18-23)26(22-15-7-2-8-16-22)28-24-19-11-4-12-20-24/h1-20,25-28H/t25-,26-/m1/s1. The van der Waals surface area contributed by atoms with Crippen molar-refractivity contribution in [1.82, 2.24) is 0 Å². The minimum absolute atomic E-state index is 0.0613. The highest BCUT2D eigenvalue weighted by atomic mass is 15.0. The first kappa shape index (κ1) is 17.9. The first-order valence-electron chi connectivity index (χ1n) is 9.63. The summed E-state index contributed by atoms with van der Waals surface area (Å²) < 4.78 is 0. The van der Waals surface area contributed by atoms with Crippen molar-refractivity contribution >= 4 is 11.4 Å². The Kier molecular flexibility index (Phi) is 5.69. The molecule has 0 unspecified atom stereocenters. The summed E-state index contributed by atoms with van der Waals surface area (Å²) in [5, 5.41) is 7.50.